The molecule has 1 aromatic rings. The number of hydrogen-bond donors (Lipinski definition) is 0. The standard InChI is InChI=1S/C6H8N2OS/c1-2-9-5-8-6-7-3-4-10-6/h3-5H,2H2,1H3/b8-5-. The number of hydrogen-bond acceptors (Lipinski definition) is 4. The summed E-state index contributed by atoms with van der Waals surface area (Å²) < 4.78 is 4.88. The molecule has 0 N–H and O–H groups in total. The van der Waals surface area contributed by atoms with Gasteiger partial charge in [0.05, 0.1) is 6.61 Å². The largest absolute Gasteiger partial charge is 0.483 e. The fourth-order valence-electron chi connectivity index (χ4n) is 0.437. The van der Waals surface area contributed by atoms with Gasteiger partial charge in [-0.3, -0.25) is 0 Å². The van der Waals surface area contributed by atoms with Crippen molar-refractivity contribution < 1.29 is 4.74 Å². The molecule has 0 aliphatic carbocycles. The maximum atomic E-state index is 4.88. The van der Waals surface area contributed by atoms with Gasteiger partial charge in [-0.15, -0.1) is 11.3 Å². The molecule has 0 saturated carbocycles. The average molecular weight is 156 g/mol. The van der Waals surface area contributed by atoms with Crippen molar-refractivity contribution in [2.75, 3.05) is 6.61 Å². The smallest absolute Gasteiger partial charge is 0.211 e. The second-order valence-electron chi connectivity index (χ2n) is 1.50. The number of ether oxygens (including phenoxy) is 1. The van der Waals surface area contributed by atoms with Gasteiger partial charge in [0.1, 0.15) is 0 Å². The van der Waals surface area contributed by atoms with Crippen LogP contribution in [0.25, 0.3) is 0 Å². The first kappa shape index (κ1) is 7.21. The number of aromatic nitrogens is 1. The third-order valence-corrected chi connectivity index (χ3v) is 1.50. The van der Waals surface area contributed by atoms with E-state index in [2.05, 4.69) is 9.98 Å². The molecule has 0 amide bonds. The summed E-state index contributed by atoms with van der Waals surface area (Å²) in [6.07, 6.45) is 3.13. The molecule has 0 aliphatic rings. The molecule has 54 valence electrons. The van der Waals surface area contributed by atoms with Crippen LogP contribution in [0.3, 0.4) is 0 Å². The molecule has 4 heteroatoms. The van der Waals surface area contributed by atoms with E-state index in [4.69, 9.17) is 4.74 Å². The Morgan fingerprint density at radius 1 is 1.90 bits per heavy atom. The Morgan fingerprint density at radius 3 is 3.40 bits per heavy atom. The van der Waals surface area contributed by atoms with Gasteiger partial charge in [-0.25, -0.2) is 4.98 Å². The Bertz CT molecular complexity index is 196. The normalized spacial score (nSPS) is 10.5. The fraction of sp³-hybridized carbons (Fsp3) is 0.333. The van der Waals surface area contributed by atoms with Crippen LogP contribution in [0.2, 0.25) is 0 Å². The van der Waals surface area contributed by atoms with Crippen LogP contribution in [0.5, 0.6) is 0 Å². The van der Waals surface area contributed by atoms with Gasteiger partial charge in [-0.2, -0.15) is 4.99 Å². The van der Waals surface area contributed by atoms with Crippen molar-refractivity contribution in [2.24, 2.45) is 4.99 Å². The SMILES string of the molecule is CCO/C=N\c1nccs1. The highest BCUT2D eigenvalue weighted by atomic mass is 32.1. The maximum absolute atomic E-state index is 4.88. The van der Waals surface area contributed by atoms with Crippen molar-refractivity contribution in [3.8, 4) is 0 Å². The summed E-state index contributed by atoms with van der Waals surface area (Å²) >= 11 is 1.48. The van der Waals surface area contributed by atoms with Gasteiger partial charge >= 0.3 is 0 Å². The van der Waals surface area contributed by atoms with Crippen LogP contribution in [-0.2, 0) is 4.74 Å². The van der Waals surface area contributed by atoms with Crippen molar-refractivity contribution in [3.05, 3.63) is 11.6 Å². The van der Waals surface area contributed by atoms with E-state index in [0.29, 0.717) is 6.61 Å². The Morgan fingerprint density at radius 2 is 2.80 bits per heavy atom. The summed E-state index contributed by atoms with van der Waals surface area (Å²) in [5, 5.41) is 2.60. The quantitative estimate of drug-likeness (QED) is 0.494. The van der Waals surface area contributed by atoms with Crippen LogP contribution in [-0.4, -0.2) is 18.0 Å². The monoisotopic (exact) mass is 156 g/mol. The number of rotatable bonds is 3. The van der Waals surface area contributed by atoms with Crippen molar-refractivity contribution in [3.63, 3.8) is 0 Å². The van der Waals surface area contributed by atoms with Crippen molar-refractivity contribution in [1.82, 2.24) is 4.98 Å². The molecule has 0 aromatic carbocycles. The first-order chi connectivity index (χ1) is 4.93. The van der Waals surface area contributed by atoms with Crippen molar-refractivity contribution >= 4 is 22.9 Å². The second-order valence-corrected chi connectivity index (χ2v) is 2.38. The van der Waals surface area contributed by atoms with Gasteiger partial charge in [-0.1, -0.05) is 0 Å². The van der Waals surface area contributed by atoms with E-state index in [-0.39, 0.29) is 0 Å². The highest BCUT2D eigenvalue weighted by Gasteiger charge is 1.85. The Kier molecular flexibility index (Phi) is 2.89. The molecule has 3 nitrogen and oxygen atoms in total. The molecule has 1 heterocycles. The predicted molar refractivity (Wildman–Crippen MR) is 41.9 cm³/mol. The Hall–Kier alpha value is -0.900. The molecule has 0 fully saturated rings. The van der Waals surface area contributed by atoms with Crippen LogP contribution < -0.4 is 0 Å². The zero-order valence-corrected chi connectivity index (χ0v) is 6.47. The van der Waals surface area contributed by atoms with Crippen LogP contribution in [0, 0.1) is 0 Å². The zero-order chi connectivity index (χ0) is 7.23. The van der Waals surface area contributed by atoms with Gasteiger partial charge < -0.3 is 4.74 Å². The molecule has 0 spiro atoms. The average Bonchev–Trinajstić information content (AvgIpc) is 2.41. The Labute approximate surface area is 63.4 Å². The lowest BCUT2D eigenvalue weighted by molar-refractivity contribution is 0.344. The number of aliphatic imine (C=N–C) groups is 1. The summed E-state index contributed by atoms with van der Waals surface area (Å²) in [6, 6.07) is 0. The van der Waals surface area contributed by atoms with E-state index in [1.54, 1.807) is 6.20 Å². The fourth-order valence-corrected chi connectivity index (χ4v) is 0.906. The van der Waals surface area contributed by atoms with E-state index in [0.717, 1.165) is 5.13 Å². The molecule has 0 aliphatic heterocycles. The van der Waals surface area contributed by atoms with Gasteiger partial charge in [-0.05, 0) is 6.92 Å². The lowest BCUT2D eigenvalue weighted by Crippen LogP contribution is -1.82. The van der Waals surface area contributed by atoms with Gasteiger partial charge in [0.25, 0.3) is 0 Å². The summed E-state index contributed by atoms with van der Waals surface area (Å²) in [5.74, 6) is 0. The third kappa shape index (κ3) is 2.14. The highest BCUT2D eigenvalue weighted by Crippen LogP contribution is 2.13. The summed E-state index contributed by atoms with van der Waals surface area (Å²) in [4.78, 5) is 7.84. The minimum atomic E-state index is 0.648. The van der Waals surface area contributed by atoms with Gasteiger partial charge in [0, 0.05) is 11.6 Å². The minimum absolute atomic E-state index is 0.648. The molecule has 0 saturated heterocycles. The summed E-state index contributed by atoms with van der Waals surface area (Å²) in [5.41, 5.74) is 0. The van der Waals surface area contributed by atoms with Gasteiger partial charge in [0.15, 0.2) is 6.40 Å². The highest BCUT2D eigenvalue weighted by molar-refractivity contribution is 7.13. The van der Waals surface area contributed by atoms with Crippen molar-refractivity contribution in [1.29, 1.82) is 0 Å². The van der Waals surface area contributed by atoms with Crippen LogP contribution in [0.15, 0.2) is 16.6 Å². The van der Waals surface area contributed by atoms with E-state index in [9.17, 15) is 0 Å². The molecule has 1 aromatic heterocycles. The van der Waals surface area contributed by atoms with Crippen LogP contribution in [0.1, 0.15) is 6.92 Å². The Balaban J connectivity index is 2.40. The first-order valence-corrected chi connectivity index (χ1v) is 3.85. The topological polar surface area (TPSA) is 34.5 Å². The molecule has 0 atom stereocenters. The summed E-state index contributed by atoms with van der Waals surface area (Å²) in [7, 11) is 0. The second kappa shape index (κ2) is 4.00. The molecule has 0 bridgehead atoms. The van der Waals surface area contributed by atoms with Crippen LogP contribution in [0.4, 0.5) is 5.13 Å². The molecular formula is C6H8N2OS. The first-order valence-electron chi connectivity index (χ1n) is 2.97. The third-order valence-electron chi connectivity index (χ3n) is 0.824. The number of nitrogens with zero attached hydrogens (tertiary/aromatic N) is 2. The minimum Gasteiger partial charge on any atom is -0.483 e. The van der Waals surface area contributed by atoms with E-state index >= 15 is 0 Å². The van der Waals surface area contributed by atoms with Gasteiger partial charge in [0.2, 0.25) is 5.13 Å². The molecule has 1 rings (SSSR count). The number of thiazole rings is 1. The van der Waals surface area contributed by atoms with E-state index < -0.39 is 0 Å². The molecular weight excluding hydrogens is 148 g/mol. The van der Waals surface area contributed by atoms with E-state index in [1.165, 1.54) is 17.7 Å². The lowest BCUT2D eigenvalue weighted by atomic mass is 10.9. The molecule has 0 unspecified atom stereocenters. The summed E-state index contributed by atoms with van der Waals surface area (Å²) in [6.45, 7) is 2.56. The maximum Gasteiger partial charge on any atom is 0.211 e. The zero-order valence-electron chi connectivity index (χ0n) is 5.65. The molecule has 10 heavy (non-hydrogen) atoms. The van der Waals surface area contributed by atoms with Crippen LogP contribution >= 0.6 is 11.3 Å². The van der Waals surface area contributed by atoms with Crippen molar-refractivity contribution in [2.45, 2.75) is 6.92 Å². The molecule has 0 radical (unpaired) electrons. The van der Waals surface area contributed by atoms with E-state index in [1.807, 2.05) is 12.3 Å². The predicted octanol–water partition coefficient (Wildman–Crippen LogP) is 1.84. The lowest BCUT2D eigenvalue weighted by Gasteiger charge is -1.87.